The zero-order valence-corrected chi connectivity index (χ0v) is 26.0. The van der Waals surface area contributed by atoms with Gasteiger partial charge in [0.1, 0.15) is 0 Å². The minimum Gasteiger partial charge on any atom is -0.851 e. The molecule has 0 spiro atoms. The number of rotatable bonds is 2. The van der Waals surface area contributed by atoms with Crippen LogP contribution in [0.1, 0.15) is 34.1 Å². The minimum atomic E-state index is -1.15. The summed E-state index contributed by atoms with van der Waals surface area (Å²) in [6.45, 7) is 2.70. The highest BCUT2D eigenvalue weighted by Gasteiger charge is 2.44. The molecule has 4 aliphatic rings. The van der Waals surface area contributed by atoms with Crippen LogP contribution >= 0.6 is 0 Å². The smallest absolute Gasteiger partial charge is 0.0897 e. The summed E-state index contributed by atoms with van der Waals surface area (Å²) in [5, 5.41) is 38.0. The van der Waals surface area contributed by atoms with Crippen LogP contribution in [0.25, 0.3) is 43.1 Å². The first kappa shape index (κ1) is 26.5. The van der Waals surface area contributed by atoms with Crippen LogP contribution in [0.3, 0.4) is 0 Å². The van der Waals surface area contributed by atoms with Crippen molar-refractivity contribution in [1.82, 2.24) is 0 Å². The summed E-state index contributed by atoms with van der Waals surface area (Å²) in [7, 11) is 4.13. The molecule has 0 aromatic heterocycles. The number of nitrogens with zero attached hydrogens (tertiary/aromatic N) is 3. The van der Waals surface area contributed by atoms with Crippen molar-refractivity contribution >= 4 is 71.5 Å². The van der Waals surface area contributed by atoms with E-state index in [1.165, 1.54) is 27.6 Å². The van der Waals surface area contributed by atoms with Gasteiger partial charge in [0.15, 0.2) is 0 Å². The Labute approximate surface area is 267 Å². The van der Waals surface area contributed by atoms with Crippen LogP contribution in [0, 0.1) is 0 Å². The SMILES string of the molecule is CN1CN(C)c2c3cccc(N)c3c(C3C([O-])C(c4c5cccc6c5c5c7c(cccc47)CCN5CC6)C3[O-])c3c(N)ccc1c23. The molecule has 230 valence electrons. The van der Waals surface area contributed by atoms with Gasteiger partial charge in [-0.25, -0.2) is 0 Å². The molecule has 2 unspecified atom stereocenters. The number of benzene rings is 6. The van der Waals surface area contributed by atoms with Crippen LogP contribution in [0.5, 0.6) is 0 Å². The van der Waals surface area contributed by atoms with Gasteiger partial charge in [-0.3, -0.25) is 0 Å². The Morgan fingerprint density at radius 2 is 1.17 bits per heavy atom. The van der Waals surface area contributed by atoms with Gasteiger partial charge in [0.25, 0.3) is 0 Å². The molecule has 0 radical (unpaired) electrons. The van der Waals surface area contributed by atoms with E-state index < -0.39 is 24.0 Å². The third kappa shape index (κ3) is 3.10. The molecule has 0 amide bonds. The maximum atomic E-state index is 14.9. The number of nitrogen functional groups attached to an aromatic ring is 2. The number of hydrogen-bond acceptors (Lipinski definition) is 7. The molecular formula is C39H35N5O2-2. The van der Waals surface area contributed by atoms with Crippen molar-refractivity contribution in [2.24, 2.45) is 0 Å². The number of nitrogens with two attached hydrogens (primary N) is 2. The minimum absolute atomic E-state index is 0.574. The predicted molar refractivity (Wildman–Crippen MR) is 186 cm³/mol. The van der Waals surface area contributed by atoms with Gasteiger partial charge in [-0.1, -0.05) is 48.5 Å². The van der Waals surface area contributed by atoms with E-state index in [0.717, 1.165) is 80.8 Å². The monoisotopic (exact) mass is 605 g/mol. The molecule has 0 saturated heterocycles. The summed E-state index contributed by atoms with van der Waals surface area (Å²) >= 11 is 0. The molecular weight excluding hydrogens is 570 g/mol. The fraction of sp³-hybridized carbons (Fsp3) is 0.282. The van der Waals surface area contributed by atoms with Crippen LogP contribution in [0.4, 0.5) is 28.4 Å². The first-order chi connectivity index (χ1) is 22.3. The molecule has 7 nitrogen and oxygen atoms in total. The quantitative estimate of drug-likeness (QED) is 0.220. The number of hydrogen-bond donors (Lipinski definition) is 2. The highest BCUT2D eigenvalue weighted by Crippen LogP contribution is 2.58. The van der Waals surface area contributed by atoms with Crippen LogP contribution in [-0.4, -0.2) is 46.1 Å². The van der Waals surface area contributed by atoms with Crippen molar-refractivity contribution < 1.29 is 10.2 Å². The van der Waals surface area contributed by atoms with E-state index in [0.29, 0.717) is 18.0 Å². The highest BCUT2D eigenvalue weighted by molar-refractivity contribution is 6.24. The highest BCUT2D eigenvalue weighted by atomic mass is 16.3. The Morgan fingerprint density at radius 1 is 0.587 bits per heavy atom. The summed E-state index contributed by atoms with van der Waals surface area (Å²) in [6, 6.07) is 22.8. The van der Waals surface area contributed by atoms with Crippen molar-refractivity contribution in [3.8, 4) is 0 Å². The Bertz CT molecular complexity index is 2250. The van der Waals surface area contributed by atoms with E-state index in [1.807, 2.05) is 18.2 Å². The molecule has 4 N–H and O–H groups in total. The van der Waals surface area contributed by atoms with Gasteiger partial charge in [0.2, 0.25) is 0 Å². The van der Waals surface area contributed by atoms with E-state index in [4.69, 9.17) is 11.5 Å². The maximum Gasteiger partial charge on any atom is 0.0897 e. The topological polar surface area (TPSA) is 108 Å². The normalized spacial score (nSPS) is 23.3. The van der Waals surface area contributed by atoms with Crippen LogP contribution < -0.4 is 36.4 Å². The van der Waals surface area contributed by atoms with Crippen LogP contribution in [0.2, 0.25) is 0 Å². The largest absolute Gasteiger partial charge is 0.851 e. The van der Waals surface area contributed by atoms with Gasteiger partial charge in [-0.05, 0) is 75.9 Å². The molecule has 1 fully saturated rings. The molecule has 10 rings (SSSR count). The average molecular weight is 606 g/mol. The number of fused-ring (bicyclic) bond motifs is 2. The predicted octanol–water partition coefficient (Wildman–Crippen LogP) is 4.56. The van der Waals surface area contributed by atoms with Gasteiger partial charge < -0.3 is 36.4 Å². The van der Waals surface area contributed by atoms with Crippen molar-refractivity contribution in [2.45, 2.75) is 36.9 Å². The first-order valence-electron chi connectivity index (χ1n) is 16.4. The van der Waals surface area contributed by atoms with Crippen molar-refractivity contribution in [2.75, 3.05) is 60.0 Å². The second-order valence-electron chi connectivity index (χ2n) is 13.9. The van der Waals surface area contributed by atoms with Gasteiger partial charge in [-0.15, -0.1) is 12.2 Å². The zero-order chi connectivity index (χ0) is 31.2. The fourth-order valence-corrected chi connectivity index (χ4v) is 9.73. The molecule has 7 heteroatoms. The molecule has 3 heterocycles. The molecule has 6 aromatic rings. The third-order valence-corrected chi connectivity index (χ3v) is 11.6. The summed E-state index contributed by atoms with van der Waals surface area (Å²) < 4.78 is 0. The maximum absolute atomic E-state index is 14.9. The Kier molecular flexibility index (Phi) is 5.16. The van der Waals surface area contributed by atoms with E-state index in [2.05, 4.69) is 77.3 Å². The third-order valence-electron chi connectivity index (χ3n) is 11.6. The lowest BCUT2D eigenvalue weighted by Gasteiger charge is -2.62. The summed E-state index contributed by atoms with van der Waals surface area (Å²) in [6.07, 6.45) is -0.347. The molecule has 1 aliphatic carbocycles. The standard InChI is InChI=1S/C39H35N5O2/c1-42-18-43(2)36-23-10-5-11-24(40)30(23)33(31-25(41)12-13-26(42)32(31)36)35-38(45)34(39(35)46)29-21-8-3-6-19-14-16-44-17-15-20-7-4-9-22(29)28(20)37(44)27(19)21/h3-13,34-35,38-39H,14-18,40-41H2,1-2H3/q-2. The molecule has 0 bridgehead atoms. The van der Waals surface area contributed by atoms with E-state index >= 15 is 0 Å². The van der Waals surface area contributed by atoms with Crippen molar-refractivity contribution in [3.63, 3.8) is 0 Å². The van der Waals surface area contributed by atoms with Gasteiger partial charge >= 0.3 is 0 Å². The second kappa shape index (κ2) is 8.96. The van der Waals surface area contributed by atoms with E-state index in [-0.39, 0.29) is 0 Å². The van der Waals surface area contributed by atoms with E-state index in [1.54, 1.807) is 0 Å². The molecule has 6 aromatic carbocycles. The van der Waals surface area contributed by atoms with Gasteiger partial charge in [-0.2, -0.15) is 0 Å². The first-order valence-corrected chi connectivity index (χ1v) is 16.4. The second-order valence-corrected chi connectivity index (χ2v) is 13.9. The van der Waals surface area contributed by atoms with Crippen molar-refractivity contribution in [1.29, 1.82) is 0 Å². The fourth-order valence-electron chi connectivity index (χ4n) is 9.73. The molecule has 46 heavy (non-hydrogen) atoms. The zero-order valence-electron chi connectivity index (χ0n) is 26.0. The Morgan fingerprint density at radius 3 is 1.85 bits per heavy atom. The summed E-state index contributed by atoms with van der Waals surface area (Å²) in [5.74, 6) is -1.46. The van der Waals surface area contributed by atoms with Gasteiger partial charge in [0, 0.05) is 76.6 Å². The Balaban J connectivity index is 1.25. The van der Waals surface area contributed by atoms with Crippen LogP contribution in [-0.2, 0) is 12.8 Å². The molecule has 1 saturated carbocycles. The average Bonchev–Trinajstić information content (AvgIpc) is 3.05. The molecule has 3 aliphatic heterocycles. The lowest BCUT2D eigenvalue weighted by atomic mass is 9.60. The van der Waals surface area contributed by atoms with Crippen molar-refractivity contribution in [3.05, 3.63) is 89.0 Å². The summed E-state index contributed by atoms with van der Waals surface area (Å²) in [5.41, 5.74) is 22.4. The lowest BCUT2D eigenvalue weighted by molar-refractivity contribution is -0.535. The summed E-state index contributed by atoms with van der Waals surface area (Å²) in [4.78, 5) is 6.91. The molecule has 2 atom stereocenters. The lowest BCUT2D eigenvalue weighted by Crippen LogP contribution is -2.63. The number of anilines is 5. The Hall–Kier alpha value is -4.72. The van der Waals surface area contributed by atoms with Crippen LogP contribution in [0.15, 0.2) is 66.7 Å². The van der Waals surface area contributed by atoms with E-state index in [9.17, 15) is 10.2 Å². The van der Waals surface area contributed by atoms with Gasteiger partial charge in [0.05, 0.1) is 18.0 Å².